The molecule has 0 saturated heterocycles. The van der Waals surface area contributed by atoms with Gasteiger partial charge in [-0.05, 0) is 57.2 Å². The first-order valence-corrected chi connectivity index (χ1v) is 8.09. The third-order valence-electron chi connectivity index (χ3n) is 3.71. The van der Waals surface area contributed by atoms with E-state index in [0.717, 1.165) is 22.5 Å². The number of benzene rings is 2. The zero-order valence-electron chi connectivity index (χ0n) is 14.1. The molecule has 0 unspecified atom stereocenters. The minimum atomic E-state index is -0.212. The highest BCUT2D eigenvalue weighted by Crippen LogP contribution is 2.24. The third kappa shape index (κ3) is 3.59. The fraction of sp³-hybridized carbons (Fsp3) is 0.250. The van der Waals surface area contributed by atoms with Gasteiger partial charge in [-0.1, -0.05) is 18.2 Å². The van der Waals surface area contributed by atoms with Gasteiger partial charge in [0.2, 0.25) is 0 Å². The highest BCUT2D eigenvalue weighted by molar-refractivity contribution is 5.94. The van der Waals surface area contributed by atoms with E-state index in [2.05, 4.69) is 5.32 Å². The Morgan fingerprint density at radius 1 is 1.04 bits per heavy atom. The standard InChI is InChI=1S/C20H21NO3/c1-13(2)23-17-10-8-15(9-11-17)20(22)21-14(3)19-12-16-6-4-5-7-18(16)24-19/h4-14H,1-3H3,(H,21,22)/t14-/m0/s1. The zero-order chi connectivity index (χ0) is 17.1. The van der Waals surface area contributed by atoms with Crippen molar-refractivity contribution >= 4 is 16.9 Å². The van der Waals surface area contributed by atoms with Gasteiger partial charge in [0.25, 0.3) is 5.91 Å². The maximum atomic E-state index is 12.4. The molecule has 0 spiro atoms. The molecule has 0 fully saturated rings. The molecule has 1 atom stereocenters. The van der Waals surface area contributed by atoms with Crippen molar-refractivity contribution in [2.24, 2.45) is 0 Å². The van der Waals surface area contributed by atoms with E-state index in [9.17, 15) is 4.79 Å². The van der Waals surface area contributed by atoms with Crippen LogP contribution in [0.25, 0.3) is 11.0 Å². The van der Waals surface area contributed by atoms with Crippen molar-refractivity contribution in [1.29, 1.82) is 0 Å². The Morgan fingerprint density at radius 2 is 1.75 bits per heavy atom. The molecule has 24 heavy (non-hydrogen) atoms. The predicted molar refractivity (Wildman–Crippen MR) is 94.3 cm³/mol. The Balaban J connectivity index is 1.69. The van der Waals surface area contributed by atoms with Crippen LogP contribution in [0.5, 0.6) is 5.75 Å². The summed E-state index contributed by atoms with van der Waals surface area (Å²) >= 11 is 0. The first-order valence-electron chi connectivity index (χ1n) is 8.09. The van der Waals surface area contributed by atoms with Crippen molar-refractivity contribution in [1.82, 2.24) is 5.32 Å². The molecule has 0 radical (unpaired) electrons. The number of para-hydroxylation sites is 1. The minimum Gasteiger partial charge on any atom is -0.491 e. The molecule has 0 bridgehead atoms. The van der Waals surface area contributed by atoms with Crippen molar-refractivity contribution < 1.29 is 13.9 Å². The van der Waals surface area contributed by atoms with Gasteiger partial charge >= 0.3 is 0 Å². The van der Waals surface area contributed by atoms with Gasteiger partial charge in [-0.2, -0.15) is 0 Å². The second kappa shape index (κ2) is 6.79. The van der Waals surface area contributed by atoms with Crippen LogP contribution in [0.3, 0.4) is 0 Å². The van der Waals surface area contributed by atoms with E-state index in [1.165, 1.54) is 0 Å². The van der Waals surface area contributed by atoms with E-state index in [-0.39, 0.29) is 18.1 Å². The van der Waals surface area contributed by atoms with Crippen molar-refractivity contribution in [3.05, 3.63) is 65.9 Å². The van der Waals surface area contributed by atoms with Crippen LogP contribution in [0.2, 0.25) is 0 Å². The molecule has 4 nitrogen and oxygen atoms in total. The highest BCUT2D eigenvalue weighted by Gasteiger charge is 2.15. The number of carbonyl (C=O) groups excluding carboxylic acids is 1. The molecular weight excluding hydrogens is 302 g/mol. The molecule has 1 aromatic heterocycles. The van der Waals surface area contributed by atoms with E-state index in [0.29, 0.717) is 5.56 Å². The van der Waals surface area contributed by atoms with Crippen LogP contribution in [0.1, 0.15) is 42.9 Å². The van der Waals surface area contributed by atoms with Gasteiger partial charge in [-0.25, -0.2) is 0 Å². The van der Waals surface area contributed by atoms with Gasteiger partial charge in [-0.3, -0.25) is 4.79 Å². The van der Waals surface area contributed by atoms with Crippen molar-refractivity contribution in [2.45, 2.75) is 32.9 Å². The fourth-order valence-corrected chi connectivity index (χ4v) is 2.52. The van der Waals surface area contributed by atoms with E-state index in [1.54, 1.807) is 24.3 Å². The van der Waals surface area contributed by atoms with E-state index < -0.39 is 0 Å². The summed E-state index contributed by atoms with van der Waals surface area (Å²) in [6.45, 7) is 5.84. The average molecular weight is 323 g/mol. The normalized spacial score (nSPS) is 12.3. The first-order chi connectivity index (χ1) is 11.5. The van der Waals surface area contributed by atoms with E-state index >= 15 is 0 Å². The molecule has 0 aliphatic carbocycles. The monoisotopic (exact) mass is 323 g/mol. The number of hydrogen-bond acceptors (Lipinski definition) is 3. The summed E-state index contributed by atoms with van der Waals surface area (Å²) in [7, 11) is 0. The highest BCUT2D eigenvalue weighted by atomic mass is 16.5. The molecule has 1 heterocycles. The van der Waals surface area contributed by atoms with Crippen LogP contribution in [0, 0.1) is 0 Å². The molecule has 3 rings (SSSR count). The van der Waals surface area contributed by atoms with Gasteiger partial charge in [0, 0.05) is 10.9 Å². The lowest BCUT2D eigenvalue weighted by molar-refractivity contribution is 0.0935. The fourth-order valence-electron chi connectivity index (χ4n) is 2.52. The number of ether oxygens (including phenoxy) is 1. The Kier molecular flexibility index (Phi) is 4.56. The molecular formula is C20H21NO3. The SMILES string of the molecule is CC(C)Oc1ccc(C(=O)N[C@@H](C)c2cc3ccccc3o2)cc1. The van der Waals surface area contributed by atoms with Crippen LogP contribution in [0.15, 0.2) is 59.0 Å². The Hall–Kier alpha value is -2.75. The van der Waals surface area contributed by atoms with Crippen molar-refractivity contribution in [3.8, 4) is 5.75 Å². The number of rotatable bonds is 5. The lowest BCUT2D eigenvalue weighted by Crippen LogP contribution is -2.26. The summed E-state index contributed by atoms with van der Waals surface area (Å²) < 4.78 is 11.4. The molecule has 4 heteroatoms. The molecule has 1 N–H and O–H groups in total. The second-order valence-electron chi connectivity index (χ2n) is 6.07. The van der Waals surface area contributed by atoms with Crippen LogP contribution in [-0.4, -0.2) is 12.0 Å². The second-order valence-corrected chi connectivity index (χ2v) is 6.07. The van der Waals surface area contributed by atoms with Crippen LogP contribution < -0.4 is 10.1 Å². The largest absolute Gasteiger partial charge is 0.491 e. The maximum Gasteiger partial charge on any atom is 0.251 e. The summed E-state index contributed by atoms with van der Waals surface area (Å²) in [6, 6.07) is 16.7. The molecule has 3 aromatic rings. The molecule has 0 aliphatic rings. The lowest BCUT2D eigenvalue weighted by atomic mass is 10.1. The number of furan rings is 1. The quantitative estimate of drug-likeness (QED) is 0.739. The molecule has 1 amide bonds. The van der Waals surface area contributed by atoms with Gasteiger partial charge in [-0.15, -0.1) is 0 Å². The number of hydrogen-bond donors (Lipinski definition) is 1. The van der Waals surface area contributed by atoms with Gasteiger partial charge in [0.1, 0.15) is 17.1 Å². The Morgan fingerprint density at radius 3 is 2.42 bits per heavy atom. The predicted octanol–water partition coefficient (Wildman–Crippen LogP) is 4.71. The number of amides is 1. The summed E-state index contributed by atoms with van der Waals surface area (Å²) in [6.07, 6.45) is 0.109. The van der Waals surface area contributed by atoms with Crippen LogP contribution in [-0.2, 0) is 0 Å². The van der Waals surface area contributed by atoms with E-state index in [1.807, 2.05) is 51.1 Å². The smallest absolute Gasteiger partial charge is 0.251 e. The van der Waals surface area contributed by atoms with Crippen molar-refractivity contribution in [2.75, 3.05) is 0 Å². The molecule has 0 saturated carbocycles. The lowest BCUT2D eigenvalue weighted by Gasteiger charge is -2.13. The van der Waals surface area contributed by atoms with Gasteiger partial charge in [0.05, 0.1) is 12.1 Å². The van der Waals surface area contributed by atoms with Gasteiger partial charge in [0.15, 0.2) is 0 Å². The minimum absolute atomic E-state index is 0.109. The number of nitrogens with one attached hydrogen (secondary N) is 1. The zero-order valence-corrected chi connectivity index (χ0v) is 14.1. The Bertz CT molecular complexity index is 800. The molecule has 0 aliphatic heterocycles. The number of fused-ring (bicyclic) bond motifs is 1. The van der Waals surface area contributed by atoms with Crippen LogP contribution in [0.4, 0.5) is 0 Å². The van der Waals surface area contributed by atoms with Crippen LogP contribution >= 0.6 is 0 Å². The van der Waals surface area contributed by atoms with E-state index in [4.69, 9.17) is 9.15 Å². The third-order valence-corrected chi connectivity index (χ3v) is 3.71. The topological polar surface area (TPSA) is 51.5 Å². The number of carbonyl (C=O) groups is 1. The summed E-state index contributed by atoms with van der Waals surface area (Å²) in [4.78, 5) is 12.4. The summed E-state index contributed by atoms with van der Waals surface area (Å²) in [5.74, 6) is 1.36. The van der Waals surface area contributed by atoms with Gasteiger partial charge < -0.3 is 14.5 Å². The Labute approximate surface area is 141 Å². The summed E-state index contributed by atoms with van der Waals surface area (Å²) in [5, 5.41) is 3.99. The van der Waals surface area contributed by atoms with Crippen molar-refractivity contribution in [3.63, 3.8) is 0 Å². The molecule has 2 aromatic carbocycles. The maximum absolute atomic E-state index is 12.4. The first kappa shape index (κ1) is 16.1. The average Bonchev–Trinajstić information content (AvgIpc) is 2.99. The summed E-state index contributed by atoms with van der Waals surface area (Å²) in [5.41, 5.74) is 1.41. The molecule has 124 valence electrons.